The van der Waals surface area contributed by atoms with Crippen molar-refractivity contribution in [3.63, 3.8) is 0 Å². The SMILES string of the molecule is C=CC(=O)OCCOC(C)(C)C(COCC(COCCC(CCC)OC(=O)C=C)(C(C)C(C)OCC(C)(C)OC(=O)C=C)C(C)(C)OCCOC(=O)C=C)(CC(C)(C)OCCC(C)(C)OC(=O)C=C)C(C)OCCC(=N)OC(=O)C=C. The van der Waals surface area contributed by atoms with Gasteiger partial charge in [-0.2, -0.15) is 0 Å². The van der Waals surface area contributed by atoms with Crippen LogP contribution in [0.2, 0.25) is 0 Å². The molecule has 0 aromatic rings. The van der Waals surface area contributed by atoms with Crippen molar-refractivity contribution in [1.29, 1.82) is 5.41 Å². The van der Waals surface area contributed by atoms with Crippen molar-refractivity contribution in [3.05, 3.63) is 75.9 Å². The number of hydrogen-bond acceptors (Lipinski definition) is 20. The Kier molecular flexibility index (Phi) is 33.9. The average Bonchev–Trinajstić information content (AvgIpc) is 3.39. The van der Waals surface area contributed by atoms with Gasteiger partial charge in [-0.25, -0.2) is 28.8 Å². The number of esters is 6. The number of rotatable bonds is 46. The maximum absolute atomic E-state index is 12.4. The lowest BCUT2D eigenvalue weighted by molar-refractivity contribution is -0.243. The molecule has 0 radical (unpaired) electrons. The molecule has 0 saturated heterocycles. The molecule has 1 N–H and O–H groups in total. The lowest BCUT2D eigenvalue weighted by Gasteiger charge is -2.54. The largest absolute Gasteiger partial charge is 0.460 e. The number of hydrogen-bond donors (Lipinski definition) is 1. The van der Waals surface area contributed by atoms with Gasteiger partial charge < -0.3 is 61.6 Å². The number of carbonyl (C=O) groups is 6. The summed E-state index contributed by atoms with van der Waals surface area (Å²) >= 11 is 0. The Bertz CT molecular complexity index is 2080. The third kappa shape index (κ3) is 27.5. The van der Waals surface area contributed by atoms with Crippen LogP contribution < -0.4 is 0 Å². The van der Waals surface area contributed by atoms with Gasteiger partial charge >= 0.3 is 35.8 Å². The summed E-state index contributed by atoms with van der Waals surface area (Å²) in [5.41, 5.74) is -7.92. The van der Waals surface area contributed by atoms with E-state index in [4.69, 9.17) is 67.0 Å². The number of ether oxygens (including phenoxy) is 13. The molecule has 0 saturated carbocycles. The summed E-state index contributed by atoms with van der Waals surface area (Å²) in [5.74, 6) is -4.73. The highest BCUT2D eigenvalue weighted by atomic mass is 16.6. The maximum atomic E-state index is 12.4. The minimum Gasteiger partial charge on any atom is -0.460 e. The highest BCUT2D eigenvalue weighted by Crippen LogP contribution is 2.49. The first kappa shape index (κ1) is 75.7. The highest BCUT2D eigenvalue weighted by Gasteiger charge is 2.57. The van der Waals surface area contributed by atoms with Gasteiger partial charge in [0.25, 0.3) is 0 Å². The van der Waals surface area contributed by atoms with Crippen molar-refractivity contribution < 1.29 is 90.3 Å². The van der Waals surface area contributed by atoms with E-state index in [1.54, 1.807) is 27.7 Å². The molecule has 20 heteroatoms. The van der Waals surface area contributed by atoms with Gasteiger partial charge in [0.05, 0.1) is 99.3 Å². The van der Waals surface area contributed by atoms with E-state index in [9.17, 15) is 28.8 Å². The standard InChI is InChI=1S/C61H99NO19/c1-21-28-47(78-51(65)24-4)29-32-69-42-61(59(19,20)77-38-36-73-50(64)23-3,44(8)45(9)74-40-57(15,16)81-54(68)27-7)43-70-41-60(58(17,18)76-37-35-72-49(63)22-2,46(10)71-33-30-48(62)79-52(66)25-5)39-56(13,14)75-34-31-55(11,12)80-53(67)26-6/h22-27,44-47,62H,2-7,21,28-43H2,1,8-20H3. The molecule has 6 unspecified atom stereocenters. The van der Waals surface area contributed by atoms with E-state index < -0.39 is 98.9 Å². The van der Waals surface area contributed by atoms with Crippen molar-refractivity contribution in [1.82, 2.24) is 0 Å². The van der Waals surface area contributed by atoms with Crippen LogP contribution in [0.5, 0.6) is 0 Å². The van der Waals surface area contributed by atoms with E-state index in [1.807, 2.05) is 69.2 Å². The van der Waals surface area contributed by atoms with Gasteiger partial charge in [0.1, 0.15) is 30.5 Å². The van der Waals surface area contributed by atoms with Crippen molar-refractivity contribution in [2.45, 2.75) is 182 Å². The van der Waals surface area contributed by atoms with Gasteiger partial charge in [-0.3, -0.25) is 5.41 Å². The molecule has 0 fully saturated rings. The van der Waals surface area contributed by atoms with Crippen LogP contribution in [0, 0.1) is 22.2 Å². The molecule has 0 rings (SSSR count). The lowest BCUT2D eigenvalue weighted by atomic mass is 9.63. The van der Waals surface area contributed by atoms with Gasteiger partial charge in [-0.05, 0) is 102 Å². The molecule has 0 spiro atoms. The van der Waals surface area contributed by atoms with Crippen molar-refractivity contribution in [3.8, 4) is 0 Å². The number of nitrogens with one attached hydrogen (secondary N) is 1. The van der Waals surface area contributed by atoms with E-state index in [0.717, 1.165) is 42.9 Å². The van der Waals surface area contributed by atoms with Crippen LogP contribution in [-0.4, -0.2) is 161 Å². The molecular formula is C61H99NO19. The van der Waals surface area contributed by atoms with E-state index in [-0.39, 0.29) is 91.4 Å². The minimum absolute atomic E-state index is 0.0269. The van der Waals surface area contributed by atoms with Crippen LogP contribution in [0.3, 0.4) is 0 Å². The van der Waals surface area contributed by atoms with Crippen molar-refractivity contribution >= 4 is 41.7 Å². The molecule has 6 atom stereocenters. The third-order valence-electron chi connectivity index (χ3n) is 14.2. The Hall–Kier alpha value is -5.35. The summed E-state index contributed by atoms with van der Waals surface area (Å²) in [5, 5.41) is 8.35. The maximum Gasteiger partial charge on any atom is 0.336 e. The Balaban J connectivity index is 8.32. The van der Waals surface area contributed by atoms with Crippen LogP contribution in [0.1, 0.15) is 135 Å². The summed E-state index contributed by atoms with van der Waals surface area (Å²) in [4.78, 5) is 73.4. The van der Waals surface area contributed by atoms with Crippen LogP contribution in [0.25, 0.3) is 0 Å². The molecule has 0 aliphatic rings. The monoisotopic (exact) mass is 1150 g/mol. The zero-order chi connectivity index (χ0) is 62.3. The Morgan fingerprint density at radius 2 is 0.975 bits per heavy atom. The van der Waals surface area contributed by atoms with Gasteiger partial charge in [0.2, 0.25) is 0 Å². The molecule has 0 bridgehead atoms. The van der Waals surface area contributed by atoms with Crippen LogP contribution in [0.4, 0.5) is 0 Å². The Morgan fingerprint density at radius 3 is 1.48 bits per heavy atom. The fourth-order valence-electron chi connectivity index (χ4n) is 9.07. The molecule has 81 heavy (non-hydrogen) atoms. The first-order valence-electron chi connectivity index (χ1n) is 27.5. The quantitative estimate of drug-likeness (QED) is 0.0149. The van der Waals surface area contributed by atoms with Crippen LogP contribution >= 0.6 is 0 Å². The molecule has 0 aromatic carbocycles. The van der Waals surface area contributed by atoms with E-state index in [2.05, 4.69) is 39.5 Å². The number of carbonyl (C=O) groups excluding carboxylic acids is 6. The smallest absolute Gasteiger partial charge is 0.336 e. The lowest BCUT2D eigenvalue weighted by Crippen LogP contribution is -2.61. The molecular weight excluding hydrogens is 1050 g/mol. The predicted octanol–water partition coefficient (Wildman–Crippen LogP) is 9.46. The Labute approximate surface area is 483 Å². The highest BCUT2D eigenvalue weighted by molar-refractivity contribution is 5.92. The fraction of sp³-hybridized carbons (Fsp3) is 0.689. The summed E-state index contributed by atoms with van der Waals surface area (Å²) in [7, 11) is 0. The topological polar surface area (TPSA) is 246 Å². The first-order valence-corrected chi connectivity index (χ1v) is 27.5. The van der Waals surface area contributed by atoms with E-state index in [0.29, 0.717) is 19.3 Å². The van der Waals surface area contributed by atoms with Crippen molar-refractivity contribution in [2.75, 3.05) is 72.7 Å². The second-order valence-corrected chi connectivity index (χ2v) is 22.6. The summed E-state index contributed by atoms with van der Waals surface area (Å²) in [6.45, 7) is 46.3. The second kappa shape index (κ2) is 36.3. The molecule has 462 valence electrons. The predicted molar refractivity (Wildman–Crippen MR) is 307 cm³/mol. The Morgan fingerprint density at radius 1 is 0.494 bits per heavy atom. The van der Waals surface area contributed by atoms with E-state index >= 15 is 0 Å². The van der Waals surface area contributed by atoms with E-state index in [1.165, 1.54) is 0 Å². The van der Waals surface area contributed by atoms with Crippen LogP contribution in [-0.2, 0) is 90.3 Å². The first-order chi connectivity index (χ1) is 37.6. The van der Waals surface area contributed by atoms with Crippen LogP contribution in [0.15, 0.2) is 75.9 Å². The molecule has 0 amide bonds. The summed E-state index contributed by atoms with van der Waals surface area (Å²) in [6, 6.07) is 0. The fourth-order valence-corrected chi connectivity index (χ4v) is 9.07. The molecule has 0 heterocycles. The molecule has 0 aromatic heterocycles. The van der Waals surface area contributed by atoms with Gasteiger partial charge in [0, 0.05) is 55.7 Å². The minimum atomic E-state index is -1.25. The van der Waals surface area contributed by atoms with Gasteiger partial charge in [-0.15, -0.1) is 0 Å². The zero-order valence-corrected chi connectivity index (χ0v) is 51.3. The summed E-state index contributed by atoms with van der Waals surface area (Å²) < 4.78 is 79.9. The van der Waals surface area contributed by atoms with Crippen molar-refractivity contribution in [2.24, 2.45) is 16.7 Å². The summed E-state index contributed by atoms with van der Waals surface area (Å²) in [6.07, 6.45) is 6.41. The molecule has 0 aliphatic heterocycles. The normalized spacial score (nSPS) is 15.1. The van der Waals surface area contributed by atoms with Gasteiger partial charge in [0.15, 0.2) is 5.90 Å². The molecule has 20 nitrogen and oxygen atoms in total. The zero-order valence-electron chi connectivity index (χ0n) is 51.3. The molecule has 0 aliphatic carbocycles. The average molecular weight is 1150 g/mol. The second-order valence-electron chi connectivity index (χ2n) is 22.6. The third-order valence-corrected chi connectivity index (χ3v) is 14.2. The van der Waals surface area contributed by atoms with Gasteiger partial charge in [-0.1, -0.05) is 59.7 Å².